The zero-order valence-corrected chi connectivity index (χ0v) is 11.7. The van der Waals surface area contributed by atoms with Gasteiger partial charge in [0.1, 0.15) is 0 Å². The molecule has 2 aromatic carbocycles. The van der Waals surface area contributed by atoms with Crippen molar-refractivity contribution in [3.8, 4) is 0 Å². The third kappa shape index (κ3) is 3.19. The predicted octanol–water partition coefficient (Wildman–Crippen LogP) is 4.14. The van der Waals surface area contributed by atoms with E-state index in [-0.39, 0.29) is 5.91 Å². The first-order valence-electron chi connectivity index (χ1n) is 5.60. The van der Waals surface area contributed by atoms with Crippen molar-refractivity contribution in [3.05, 3.63) is 57.6 Å². The van der Waals surface area contributed by atoms with Gasteiger partial charge in [-0.15, -0.1) is 0 Å². The molecule has 3 nitrogen and oxygen atoms in total. The largest absolute Gasteiger partial charge is 0.398 e. The average molecular weight is 295 g/mol. The third-order valence-corrected chi connectivity index (χ3v) is 3.43. The van der Waals surface area contributed by atoms with E-state index in [0.717, 1.165) is 5.56 Å². The Kier molecular flexibility index (Phi) is 3.98. The van der Waals surface area contributed by atoms with Gasteiger partial charge in [0.2, 0.25) is 0 Å². The van der Waals surface area contributed by atoms with Crippen LogP contribution in [0.4, 0.5) is 11.4 Å². The lowest BCUT2D eigenvalue weighted by Crippen LogP contribution is -2.12. The number of nitrogens with two attached hydrogens (primary N) is 1. The zero-order chi connectivity index (χ0) is 14.0. The predicted molar refractivity (Wildman–Crippen MR) is 80.0 cm³/mol. The molecule has 2 aromatic rings. The number of anilines is 2. The van der Waals surface area contributed by atoms with Gasteiger partial charge in [0.15, 0.2) is 0 Å². The van der Waals surface area contributed by atoms with Gasteiger partial charge in [-0.25, -0.2) is 0 Å². The summed E-state index contributed by atoms with van der Waals surface area (Å²) >= 11 is 11.9. The minimum Gasteiger partial charge on any atom is -0.398 e. The van der Waals surface area contributed by atoms with Gasteiger partial charge in [0.05, 0.1) is 10.7 Å². The Labute approximate surface area is 121 Å². The van der Waals surface area contributed by atoms with Crippen LogP contribution in [-0.2, 0) is 0 Å². The van der Waals surface area contributed by atoms with E-state index < -0.39 is 0 Å². The first-order chi connectivity index (χ1) is 8.97. The SMILES string of the molecule is Cc1ccc(NC(=O)c2ccc(N)c(Cl)c2)cc1Cl. The fourth-order valence-electron chi connectivity index (χ4n) is 1.54. The van der Waals surface area contributed by atoms with Gasteiger partial charge < -0.3 is 11.1 Å². The Hall–Kier alpha value is -1.71. The maximum atomic E-state index is 12.0. The van der Waals surface area contributed by atoms with Crippen LogP contribution in [0.3, 0.4) is 0 Å². The zero-order valence-electron chi connectivity index (χ0n) is 10.2. The molecule has 19 heavy (non-hydrogen) atoms. The molecular formula is C14H12Cl2N2O. The average Bonchev–Trinajstić information content (AvgIpc) is 2.37. The molecule has 0 saturated carbocycles. The molecule has 0 aliphatic rings. The molecule has 0 radical (unpaired) electrons. The third-order valence-electron chi connectivity index (χ3n) is 2.69. The van der Waals surface area contributed by atoms with Crippen molar-refractivity contribution < 1.29 is 4.79 Å². The van der Waals surface area contributed by atoms with E-state index in [9.17, 15) is 4.79 Å². The number of benzene rings is 2. The van der Waals surface area contributed by atoms with E-state index in [4.69, 9.17) is 28.9 Å². The highest BCUT2D eigenvalue weighted by molar-refractivity contribution is 6.33. The highest BCUT2D eigenvalue weighted by Gasteiger charge is 2.08. The summed E-state index contributed by atoms with van der Waals surface area (Å²) < 4.78 is 0. The molecule has 0 bridgehead atoms. The van der Waals surface area contributed by atoms with Crippen molar-refractivity contribution >= 4 is 40.5 Å². The van der Waals surface area contributed by atoms with Crippen molar-refractivity contribution in [2.45, 2.75) is 6.92 Å². The quantitative estimate of drug-likeness (QED) is 0.818. The molecule has 0 fully saturated rings. The van der Waals surface area contributed by atoms with Gasteiger partial charge >= 0.3 is 0 Å². The second-order valence-electron chi connectivity index (χ2n) is 4.15. The molecule has 0 aliphatic carbocycles. The van der Waals surface area contributed by atoms with Crippen molar-refractivity contribution in [2.24, 2.45) is 0 Å². The lowest BCUT2D eigenvalue weighted by Gasteiger charge is -2.08. The van der Waals surface area contributed by atoms with Crippen LogP contribution in [0.1, 0.15) is 15.9 Å². The fourth-order valence-corrected chi connectivity index (χ4v) is 1.90. The Morgan fingerprint density at radius 1 is 1.11 bits per heavy atom. The number of halogens is 2. The summed E-state index contributed by atoms with van der Waals surface area (Å²) in [6, 6.07) is 10.1. The van der Waals surface area contributed by atoms with E-state index in [1.807, 2.05) is 13.0 Å². The van der Waals surface area contributed by atoms with Crippen LogP contribution < -0.4 is 11.1 Å². The van der Waals surface area contributed by atoms with Gasteiger partial charge in [-0.05, 0) is 42.8 Å². The number of amides is 1. The number of aryl methyl sites for hydroxylation is 1. The van der Waals surface area contributed by atoms with Crippen molar-refractivity contribution in [1.82, 2.24) is 0 Å². The monoisotopic (exact) mass is 294 g/mol. The van der Waals surface area contributed by atoms with Crippen molar-refractivity contribution in [1.29, 1.82) is 0 Å². The maximum Gasteiger partial charge on any atom is 0.255 e. The standard InChI is InChI=1S/C14H12Cl2N2O/c1-8-2-4-10(7-11(8)15)18-14(19)9-3-5-13(17)12(16)6-9/h2-7H,17H2,1H3,(H,18,19). The van der Waals surface area contributed by atoms with Crippen LogP contribution in [0.15, 0.2) is 36.4 Å². The molecule has 0 atom stereocenters. The number of nitrogen functional groups attached to an aromatic ring is 1. The van der Waals surface area contributed by atoms with Crippen LogP contribution >= 0.6 is 23.2 Å². The molecule has 0 spiro atoms. The molecule has 0 saturated heterocycles. The minimum atomic E-state index is -0.262. The first-order valence-corrected chi connectivity index (χ1v) is 6.35. The highest BCUT2D eigenvalue weighted by atomic mass is 35.5. The normalized spacial score (nSPS) is 10.3. The van der Waals surface area contributed by atoms with Gasteiger partial charge in [-0.3, -0.25) is 4.79 Å². The van der Waals surface area contributed by atoms with Crippen LogP contribution in [-0.4, -0.2) is 5.91 Å². The maximum absolute atomic E-state index is 12.0. The highest BCUT2D eigenvalue weighted by Crippen LogP contribution is 2.22. The molecule has 0 unspecified atom stereocenters. The summed E-state index contributed by atoms with van der Waals surface area (Å²) in [5, 5.41) is 3.71. The van der Waals surface area contributed by atoms with Gasteiger partial charge in [0, 0.05) is 16.3 Å². The topological polar surface area (TPSA) is 55.1 Å². The van der Waals surface area contributed by atoms with Crippen molar-refractivity contribution in [3.63, 3.8) is 0 Å². The minimum absolute atomic E-state index is 0.262. The molecule has 0 heterocycles. The summed E-state index contributed by atoms with van der Waals surface area (Å²) in [6.07, 6.45) is 0. The molecule has 98 valence electrons. The second kappa shape index (κ2) is 5.51. The van der Waals surface area contributed by atoms with E-state index in [0.29, 0.717) is 27.0 Å². The Morgan fingerprint density at radius 3 is 2.47 bits per heavy atom. The Morgan fingerprint density at radius 2 is 1.84 bits per heavy atom. The number of carbonyl (C=O) groups is 1. The summed E-state index contributed by atoms with van der Waals surface area (Å²) in [5.41, 5.74) is 8.07. The van der Waals surface area contributed by atoms with Gasteiger partial charge in [-0.1, -0.05) is 29.3 Å². The second-order valence-corrected chi connectivity index (χ2v) is 4.97. The molecule has 1 amide bonds. The molecule has 5 heteroatoms. The molecule has 2 rings (SSSR count). The lowest BCUT2D eigenvalue weighted by atomic mass is 10.1. The Bertz CT molecular complexity index is 641. The summed E-state index contributed by atoms with van der Waals surface area (Å²) in [6.45, 7) is 1.90. The lowest BCUT2D eigenvalue weighted by molar-refractivity contribution is 0.102. The molecule has 0 aliphatic heterocycles. The van der Waals surface area contributed by atoms with Gasteiger partial charge in [-0.2, -0.15) is 0 Å². The van der Waals surface area contributed by atoms with E-state index in [2.05, 4.69) is 5.32 Å². The first kappa shape index (κ1) is 13.7. The Balaban J connectivity index is 2.20. The van der Waals surface area contributed by atoms with Crippen LogP contribution in [0, 0.1) is 6.92 Å². The number of hydrogen-bond donors (Lipinski definition) is 2. The number of hydrogen-bond acceptors (Lipinski definition) is 2. The summed E-state index contributed by atoms with van der Waals surface area (Å²) in [7, 11) is 0. The van der Waals surface area contributed by atoms with Crippen LogP contribution in [0.25, 0.3) is 0 Å². The van der Waals surface area contributed by atoms with E-state index in [1.54, 1.807) is 24.3 Å². The molecule has 3 N–H and O–H groups in total. The van der Waals surface area contributed by atoms with E-state index >= 15 is 0 Å². The smallest absolute Gasteiger partial charge is 0.255 e. The number of nitrogens with one attached hydrogen (secondary N) is 1. The number of carbonyl (C=O) groups excluding carboxylic acids is 1. The number of rotatable bonds is 2. The van der Waals surface area contributed by atoms with Gasteiger partial charge in [0.25, 0.3) is 5.91 Å². The molecular weight excluding hydrogens is 283 g/mol. The van der Waals surface area contributed by atoms with Crippen molar-refractivity contribution in [2.75, 3.05) is 11.1 Å². The fraction of sp³-hybridized carbons (Fsp3) is 0.0714. The molecule has 0 aromatic heterocycles. The summed E-state index contributed by atoms with van der Waals surface area (Å²) in [4.78, 5) is 12.0. The van der Waals surface area contributed by atoms with Crippen LogP contribution in [0.2, 0.25) is 10.0 Å². The van der Waals surface area contributed by atoms with E-state index in [1.165, 1.54) is 6.07 Å². The van der Waals surface area contributed by atoms with Crippen LogP contribution in [0.5, 0.6) is 0 Å². The summed E-state index contributed by atoms with van der Waals surface area (Å²) in [5.74, 6) is -0.262.